The maximum absolute atomic E-state index is 11.5. The van der Waals surface area contributed by atoms with Gasteiger partial charge in [-0.05, 0) is 40.2 Å². The van der Waals surface area contributed by atoms with Crippen LogP contribution in [0.15, 0.2) is 22.8 Å². The van der Waals surface area contributed by atoms with E-state index >= 15 is 0 Å². The van der Waals surface area contributed by atoms with Crippen molar-refractivity contribution in [1.82, 2.24) is 15.5 Å². The minimum absolute atomic E-state index is 0.383. The fourth-order valence-electron chi connectivity index (χ4n) is 1.42. The molecule has 1 heterocycles. The molecule has 0 aliphatic rings. The monoisotopic (exact) mass is 293 g/mol. The third kappa shape index (κ3) is 6.74. The Kier molecular flexibility index (Phi) is 6.14. The zero-order valence-electron chi connectivity index (χ0n) is 13.3. The number of aromatic nitrogens is 2. The van der Waals surface area contributed by atoms with Crippen molar-refractivity contribution in [3.05, 3.63) is 29.9 Å². The van der Waals surface area contributed by atoms with Gasteiger partial charge in [-0.15, -0.1) is 0 Å². The third-order valence-corrected chi connectivity index (χ3v) is 2.37. The summed E-state index contributed by atoms with van der Waals surface area (Å²) in [5.74, 6) is 1.04. The number of carbonyl (C=O) groups excluding carboxylic acids is 1. The lowest BCUT2D eigenvalue weighted by atomic mass is 10.2. The number of hydrogen-bond acceptors (Lipinski definition) is 5. The predicted molar refractivity (Wildman–Crippen MR) is 80.7 cm³/mol. The predicted octanol–water partition coefficient (Wildman–Crippen LogP) is 3.12. The first kappa shape index (κ1) is 16.9. The number of carbonyl (C=O) groups is 1. The van der Waals surface area contributed by atoms with Crippen molar-refractivity contribution < 1.29 is 14.1 Å². The Morgan fingerprint density at radius 2 is 2.14 bits per heavy atom. The van der Waals surface area contributed by atoms with Crippen LogP contribution in [0, 0.1) is 0 Å². The molecule has 0 saturated heterocycles. The molecule has 0 bridgehead atoms. The van der Waals surface area contributed by atoms with Gasteiger partial charge in [-0.2, -0.15) is 4.98 Å². The summed E-state index contributed by atoms with van der Waals surface area (Å²) in [6.45, 7) is 9.68. The highest BCUT2D eigenvalue weighted by Gasteiger charge is 2.16. The van der Waals surface area contributed by atoms with Crippen molar-refractivity contribution in [2.24, 2.45) is 0 Å². The molecular formula is C15H23N3O3. The van der Waals surface area contributed by atoms with Gasteiger partial charge in [0.1, 0.15) is 5.60 Å². The summed E-state index contributed by atoms with van der Waals surface area (Å²) in [6, 6.07) is 0. The van der Waals surface area contributed by atoms with Crippen LogP contribution in [-0.2, 0) is 11.2 Å². The molecule has 0 radical (unpaired) electrons. The Morgan fingerprint density at radius 3 is 2.76 bits per heavy atom. The molecule has 1 rings (SSSR count). The molecule has 0 aliphatic carbocycles. The number of nitrogens with zero attached hydrogens (tertiary/aromatic N) is 2. The summed E-state index contributed by atoms with van der Waals surface area (Å²) >= 11 is 0. The van der Waals surface area contributed by atoms with Crippen LogP contribution in [0.1, 0.15) is 46.3 Å². The standard InChI is InChI=1S/C15H23N3O3/c1-6-7-8-11(2)13-17-12(21-18-13)9-10-16-14(19)20-15(3,4)5/h6-8H,9-10H2,1-5H3,(H,16,19)/b7-6-,11-8+. The highest BCUT2D eigenvalue weighted by atomic mass is 16.6. The molecule has 6 nitrogen and oxygen atoms in total. The second-order valence-electron chi connectivity index (χ2n) is 5.57. The van der Waals surface area contributed by atoms with Crippen LogP contribution in [0.3, 0.4) is 0 Å². The van der Waals surface area contributed by atoms with Crippen LogP contribution < -0.4 is 5.32 Å². The van der Waals surface area contributed by atoms with E-state index in [-0.39, 0.29) is 0 Å². The van der Waals surface area contributed by atoms with E-state index in [0.717, 1.165) is 5.57 Å². The van der Waals surface area contributed by atoms with Crippen LogP contribution in [0.5, 0.6) is 0 Å². The van der Waals surface area contributed by atoms with E-state index in [1.165, 1.54) is 0 Å². The summed E-state index contributed by atoms with van der Waals surface area (Å²) in [5.41, 5.74) is 0.416. The third-order valence-electron chi connectivity index (χ3n) is 2.37. The molecule has 21 heavy (non-hydrogen) atoms. The van der Waals surface area contributed by atoms with Crippen molar-refractivity contribution in [2.45, 2.75) is 46.6 Å². The number of nitrogens with one attached hydrogen (secondary N) is 1. The molecule has 0 atom stereocenters. The molecular weight excluding hydrogens is 270 g/mol. The maximum atomic E-state index is 11.5. The lowest BCUT2D eigenvalue weighted by Crippen LogP contribution is -2.33. The van der Waals surface area contributed by atoms with Crippen LogP contribution in [0.25, 0.3) is 5.57 Å². The molecule has 1 N–H and O–H groups in total. The van der Waals surface area contributed by atoms with E-state index in [1.807, 2.05) is 52.8 Å². The normalized spacial score (nSPS) is 12.7. The number of amides is 1. The van der Waals surface area contributed by atoms with Gasteiger partial charge >= 0.3 is 6.09 Å². The van der Waals surface area contributed by atoms with Crippen molar-refractivity contribution >= 4 is 11.7 Å². The topological polar surface area (TPSA) is 77.2 Å². The molecule has 1 aromatic rings. The van der Waals surface area contributed by atoms with Gasteiger partial charge in [-0.25, -0.2) is 4.79 Å². The zero-order chi connectivity index (χ0) is 15.9. The first-order chi connectivity index (χ1) is 9.81. The quantitative estimate of drug-likeness (QED) is 0.844. The number of hydrogen-bond donors (Lipinski definition) is 1. The number of ether oxygens (including phenoxy) is 1. The second kappa shape index (κ2) is 7.61. The van der Waals surface area contributed by atoms with Crippen LogP contribution in [0.4, 0.5) is 4.79 Å². The molecule has 116 valence electrons. The summed E-state index contributed by atoms with van der Waals surface area (Å²) in [4.78, 5) is 15.7. The van der Waals surface area contributed by atoms with Crippen LogP contribution >= 0.6 is 0 Å². The summed E-state index contributed by atoms with van der Waals surface area (Å²) in [5, 5.41) is 6.54. The molecule has 0 saturated carbocycles. The van der Waals surface area contributed by atoms with Crippen molar-refractivity contribution in [1.29, 1.82) is 0 Å². The fraction of sp³-hybridized carbons (Fsp3) is 0.533. The molecule has 0 fully saturated rings. The van der Waals surface area contributed by atoms with E-state index in [0.29, 0.717) is 24.7 Å². The lowest BCUT2D eigenvalue weighted by Gasteiger charge is -2.19. The van der Waals surface area contributed by atoms with E-state index in [2.05, 4.69) is 15.5 Å². The van der Waals surface area contributed by atoms with Gasteiger partial charge in [-0.3, -0.25) is 0 Å². The summed E-state index contributed by atoms with van der Waals surface area (Å²) in [7, 11) is 0. The van der Waals surface area contributed by atoms with Gasteiger partial charge in [0.15, 0.2) is 5.82 Å². The molecule has 0 unspecified atom stereocenters. The van der Waals surface area contributed by atoms with E-state index in [1.54, 1.807) is 0 Å². The average molecular weight is 293 g/mol. The Balaban J connectivity index is 2.44. The Morgan fingerprint density at radius 1 is 1.43 bits per heavy atom. The molecule has 1 aromatic heterocycles. The van der Waals surface area contributed by atoms with Gasteiger partial charge in [0.05, 0.1) is 0 Å². The number of rotatable bonds is 5. The molecule has 0 aromatic carbocycles. The van der Waals surface area contributed by atoms with Crippen LogP contribution in [0.2, 0.25) is 0 Å². The highest BCUT2D eigenvalue weighted by molar-refractivity contribution is 5.67. The van der Waals surface area contributed by atoms with Gasteiger partial charge < -0.3 is 14.6 Å². The van der Waals surface area contributed by atoms with Gasteiger partial charge in [0.2, 0.25) is 5.89 Å². The molecule has 0 aliphatic heterocycles. The Bertz CT molecular complexity index is 525. The minimum Gasteiger partial charge on any atom is -0.444 e. The SMILES string of the molecule is C/C=C\C=C(/C)c1noc(CCNC(=O)OC(C)(C)C)n1. The van der Waals surface area contributed by atoms with E-state index in [4.69, 9.17) is 9.26 Å². The van der Waals surface area contributed by atoms with Gasteiger partial charge in [0.25, 0.3) is 0 Å². The Labute approximate surface area is 125 Å². The van der Waals surface area contributed by atoms with Gasteiger partial charge in [-0.1, -0.05) is 23.4 Å². The molecule has 1 amide bonds. The number of allylic oxidation sites excluding steroid dienone is 4. The fourth-order valence-corrected chi connectivity index (χ4v) is 1.42. The van der Waals surface area contributed by atoms with E-state index in [9.17, 15) is 4.79 Å². The molecule has 6 heteroatoms. The van der Waals surface area contributed by atoms with Gasteiger partial charge in [0, 0.05) is 13.0 Å². The average Bonchev–Trinajstić information content (AvgIpc) is 2.82. The van der Waals surface area contributed by atoms with Crippen molar-refractivity contribution in [3.63, 3.8) is 0 Å². The smallest absolute Gasteiger partial charge is 0.407 e. The van der Waals surface area contributed by atoms with E-state index < -0.39 is 11.7 Å². The first-order valence-electron chi connectivity index (χ1n) is 6.91. The van der Waals surface area contributed by atoms with Crippen LogP contribution in [-0.4, -0.2) is 28.4 Å². The largest absolute Gasteiger partial charge is 0.444 e. The number of alkyl carbamates (subject to hydrolysis) is 1. The molecule has 0 spiro atoms. The second-order valence-corrected chi connectivity index (χ2v) is 5.57. The minimum atomic E-state index is -0.504. The zero-order valence-corrected chi connectivity index (χ0v) is 13.3. The van der Waals surface area contributed by atoms with Crippen molar-refractivity contribution in [2.75, 3.05) is 6.54 Å². The highest BCUT2D eigenvalue weighted by Crippen LogP contribution is 2.10. The van der Waals surface area contributed by atoms with Crippen molar-refractivity contribution in [3.8, 4) is 0 Å². The first-order valence-corrected chi connectivity index (χ1v) is 6.91. The summed E-state index contributed by atoms with van der Waals surface area (Å²) < 4.78 is 10.3. The Hall–Kier alpha value is -2.11. The maximum Gasteiger partial charge on any atom is 0.407 e. The lowest BCUT2D eigenvalue weighted by molar-refractivity contribution is 0.0527. The summed E-state index contributed by atoms with van der Waals surface area (Å²) in [6.07, 6.45) is 5.76.